The molecular formula is C20H31F2N3O3. The molecule has 0 spiro atoms. The van der Waals surface area contributed by atoms with Crippen molar-refractivity contribution in [3.05, 3.63) is 28.8 Å². The summed E-state index contributed by atoms with van der Waals surface area (Å²) in [5, 5.41) is 10.7. The van der Waals surface area contributed by atoms with Gasteiger partial charge in [-0.15, -0.1) is 0 Å². The van der Waals surface area contributed by atoms with Gasteiger partial charge in [0.2, 0.25) is 0 Å². The van der Waals surface area contributed by atoms with Gasteiger partial charge in [0.25, 0.3) is 6.43 Å². The Morgan fingerprint density at radius 3 is 2.50 bits per heavy atom. The minimum Gasteiger partial charge on any atom is -0.444 e. The summed E-state index contributed by atoms with van der Waals surface area (Å²) in [6.07, 6.45) is -2.94. The Bertz CT molecular complexity index is 705. The normalized spacial score (nSPS) is 18.5. The molecule has 158 valence electrons. The van der Waals surface area contributed by atoms with Crippen LogP contribution < -0.4 is 5.06 Å². The lowest BCUT2D eigenvalue weighted by molar-refractivity contribution is 0.000510. The average molecular weight is 399 g/mol. The molecule has 0 aliphatic carbocycles. The van der Waals surface area contributed by atoms with E-state index in [1.807, 2.05) is 34.6 Å². The van der Waals surface area contributed by atoms with Gasteiger partial charge >= 0.3 is 6.09 Å². The second-order valence-electron chi connectivity index (χ2n) is 8.41. The fourth-order valence-corrected chi connectivity index (χ4v) is 3.42. The summed E-state index contributed by atoms with van der Waals surface area (Å²) >= 11 is 0. The fourth-order valence-electron chi connectivity index (χ4n) is 3.42. The minimum atomic E-state index is -2.61. The molecule has 28 heavy (non-hydrogen) atoms. The van der Waals surface area contributed by atoms with Crippen molar-refractivity contribution in [1.29, 1.82) is 0 Å². The monoisotopic (exact) mass is 399 g/mol. The van der Waals surface area contributed by atoms with Crippen LogP contribution in [0.25, 0.3) is 0 Å². The lowest BCUT2D eigenvalue weighted by Gasteiger charge is -2.40. The van der Waals surface area contributed by atoms with E-state index in [-0.39, 0.29) is 17.7 Å². The van der Waals surface area contributed by atoms with Crippen LogP contribution >= 0.6 is 0 Å². The number of carbonyl (C=O) groups is 1. The Labute approximate surface area is 165 Å². The first-order valence-electron chi connectivity index (χ1n) is 9.45. The zero-order chi connectivity index (χ0) is 21.2. The number of piperazine rings is 1. The highest BCUT2D eigenvalue weighted by Crippen LogP contribution is 2.30. The second-order valence-corrected chi connectivity index (χ2v) is 8.41. The van der Waals surface area contributed by atoms with Crippen LogP contribution in [-0.2, 0) is 11.3 Å². The second kappa shape index (κ2) is 8.61. The van der Waals surface area contributed by atoms with Gasteiger partial charge in [-0.3, -0.25) is 15.2 Å². The number of amides is 1. The predicted octanol–water partition coefficient (Wildman–Crippen LogP) is 4.20. The standard InChI is InChI=1S/C20H31F2N3O3/c1-13-11-24(7-8-25(13)19(26)28-20(3,4)5)12-16-9-15(18(21)22)10-17(14(16)2)23(6)27/h9-10,13,18,27H,7-8,11-12H2,1-6H3/t13-/m0/s1. The van der Waals surface area contributed by atoms with Gasteiger partial charge in [0.15, 0.2) is 0 Å². The van der Waals surface area contributed by atoms with Crippen LogP contribution in [0, 0.1) is 6.92 Å². The van der Waals surface area contributed by atoms with Gasteiger partial charge in [-0.1, -0.05) is 0 Å². The van der Waals surface area contributed by atoms with E-state index in [1.54, 1.807) is 4.90 Å². The Hall–Kier alpha value is -1.93. The maximum absolute atomic E-state index is 13.3. The number of ether oxygens (including phenoxy) is 1. The van der Waals surface area contributed by atoms with Gasteiger partial charge in [0.05, 0.1) is 5.69 Å². The summed E-state index contributed by atoms with van der Waals surface area (Å²) < 4.78 is 32.0. The first kappa shape index (κ1) is 22.4. The van der Waals surface area contributed by atoms with E-state index in [4.69, 9.17) is 4.74 Å². The Morgan fingerprint density at radius 1 is 1.36 bits per heavy atom. The van der Waals surface area contributed by atoms with Crippen molar-refractivity contribution in [1.82, 2.24) is 9.80 Å². The highest BCUT2D eigenvalue weighted by Gasteiger charge is 2.31. The third kappa shape index (κ3) is 5.54. The first-order valence-corrected chi connectivity index (χ1v) is 9.45. The highest BCUT2D eigenvalue weighted by molar-refractivity contribution is 5.68. The van der Waals surface area contributed by atoms with Crippen molar-refractivity contribution in [3.63, 3.8) is 0 Å². The lowest BCUT2D eigenvalue weighted by Crippen LogP contribution is -2.54. The summed E-state index contributed by atoms with van der Waals surface area (Å²) in [5.74, 6) is 0. The van der Waals surface area contributed by atoms with Crippen molar-refractivity contribution in [2.75, 3.05) is 31.7 Å². The van der Waals surface area contributed by atoms with E-state index in [9.17, 15) is 18.8 Å². The quantitative estimate of drug-likeness (QED) is 0.769. The van der Waals surface area contributed by atoms with E-state index < -0.39 is 12.0 Å². The molecule has 1 saturated heterocycles. The molecule has 1 aromatic rings. The molecule has 1 aliphatic rings. The van der Waals surface area contributed by atoms with Crippen LogP contribution in [0.2, 0.25) is 0 Å². The predicted molar refractivity (Wildman–Crippen MR) is 104 cm³/mol. The fraction of sp³-hybridized carbons (Fsp3) is 0.650. The number of carbonyl (C=O) groups excluding carboxylic acids is 1. The molecule has 1 fully saturated rings. The van der Waals surface area contributed by atoms with E-state index in [0.717, 1.165) is 16.2 Å². The number of anilines is 1. The smallest absolute Gasteiger partial charge is 0.410 e. The zero-order valence-corrected chi connectivity index (χ0v) is 17.5. The molecule has 1 amide bonds. The number of hydrogen-bond acceptors (Lipinski definition) is 5. The molecule has 1 aromatic carbocycles. The number of alkyl halides is 2. The summed E-state index contributed by atoms with van der Waals surface area (Å²) in [4.78, 5) is 16.2. The number of hydrogen-bond donors (Lipinski definition) is 1. The molecule has 0 radical (unpaired) electrons. The summed E-state index contributed by atoms with van der Waals surface area (Å²) in [6, 6.07) is 2.76. The van der Waals surface area contributed by atoms with Crippen LogP contribution in [0.3, 0.4) is 0 Å². The number of benzene rings is 1. The van der Waals surface area contributed by atoms with Gasteiger partial charge in [0.1, 0.15) is 5.60 Å². The molecule has 0 unspecified atom stereocenters. The van der Waals surface area contributed by atoms with Gasteiger partial charge in [-0.05, 0) is 57.9 Å². The molecule has 1 aliphatic heterocycles. The molecule has 0 saturated carbocycles. The molecule has 8 heteroatoms. The average Bonchev–Trinajstić information content (AvgIpc) is 2.54. The van der Waals surface area contributed by atoms with Crippen molar-refractivity contribution < 1.29 is 23.5 Å². The SMILES string of the molecule is Cc1c(CN2CCN(C(=O)OC(C)(C)C)[C@@H](C)C2)cc(C(F)F)cc1N(C)O. The van der Waals surface area contributed by atoms with Crippen LogP contribution in [0.4, 0.5) is 19.3 Å². The molecule has 6 nitrogen and oxygen atoms in total. The molecule has 1 heterocycles. The summed E-state index contributed by atoms with van der Waals surface area (Å²) in [5.41, 5.74) is 1.21. The van der Waals surface area contributed by atoms with E-state index in [0.29, 0.717) is 31.9 Å². The Kier molecular flexibility index (Phi) is 6.88. The van der Waals surface area contributed by atoms with Crippen molar-refractivity contribution in [2.24, 2.45) is 0 Å². The first-order chi connectivity index (χ1) is 12.9. The highest BCUT2D eigenvalue weighted by atomic mass is 19.3. The Morgan fingerprint density at radius 2 is 2.00 bits per heavy atom. The number of nitrogens with zero attached hydrogens (tertiary/aromatic N) is 3. The molecule has 1 N–H and O–H groups in total. The molecular weight excluding hydrogens is 368 g/mol. The molecule has 1 atom stereocenters. The van der Waals surface area contributed by atoms with Crippen molar-refractivity contribution in [2.45, 2.75) is 59.2 Å². The van der Waals surface area contributed by atoms with Gasteiger partial charge in [-0.2, -0.15) is 0 Å². The summed E-state index contributed by atoms with van der Waals surface area (Å²) in [6.45, 7) is 11.5. The van der Waals surface area contributed by atoms with Gasteiger partial charge in [-0.25, -0.2) is 13.6 Å². The summed E-state index contributed by atoms with van der Waals surface area (Å²) in [7, 11) is 1.42. The zero-order valence-electron chi connectivity index (χ0n) is 17.5. The maximum Gasteiger partial charge on any atom is 0.410 e. The Balaban J connectivity index is 2.12. The van der Waals surface area contributed by atoms with Crippen LogP contribution in [0.5, 0.6) is 0 Å². The molecule has 0 bridgehead atoms. The third-order valence-electron chi connectivity index (χ3n) is 4.84. The number of halogens is 2. The maximum atomic E-state index is 13.3. The van der Waals surface area contributed by atoms with E-state index in [2.05, 4.69) is 4.90 Å². The minimum absolute atomic E-state index is 0.0535. The van der Waals surface area contributed by atoms with Crippen LogP contribution in [0.1, 0.15) is 50.8 Å². The number of hydroxylamine groups is 1. The molecule has 2 rings (SSSR count). The van der Waals surface area contributed by atoms with Gasteiger partial charge < -0.3 is 9.64 Å². The van der Waals surface area contributed by atoms with E-state index >= 15 is 0 Å². The van der Waals surface area contributed by atoms with Crippen molar-refractivity contribution in [3.8, 4) is 0 Å². The topological polar surface area (TPSA) is 56.2 Å². The molecule has 0 aromatic heterocycles. The van der Waals surface area contributed by atoms with Crippen LogP contribution in [0.15, 0.2) is 12.1 Å². The largest absolute Gasteiger partial charge is 0.444 e. The van der Waals surface area contributed by atoms with Crippen LogP contribution in [-0.4, -0.2) is 59.4 Å². The third-order valence-corrected chi connectivity index (χ3v) is 4.84. The lowest BCUT2D eigenvalue weighted by atomic mass is 10.0. The van der Waals surface area contributed by atoms with Gasteiger partial charge in [0, 0.05) is 44.8 Å². The number of rotatable bonds is 4. The van der Waals surface area contributed by atoms with Crippen molar-refractivity contribution >= 4 is 11.8 Å². The van der Waals surface area contributed by atoms with E-state index in [1.165, 1.54) is 19.2 Å².